The van der Waals surface area contributed by atoms with Gasteiger partial charge in [0.2, 0.25) is 0 Å². The highest BCUT2D eigenvalue weighted by molar-refractivity contribution is 5.43. The zero-order valence-electron chi connectivity index (χ0n) is 12.1. The smallest absolute Gasteiger partial charge is 0.0564 e. The Bertz CT molecular complexity index is 383. The maximum atomic E-state index is 5.24. The van der Waals surface area contributed by atoms with Gasteiger partial charge in [-0.05, 0) is 37.4 Å². The standard InChI is InChI=1S/C15H25N3O/c1-3-6-16-14-4-7-17-15(9-14)11-18-8-5-13(10-18)12-19-2/h4,7,9,13H,3,5-6,8,10-12H2,1-2H3,(H,16,17). The molecule has 106 valence electrons. The molecular weight excluding hydrogens is 238 g/mol. The van der Waals surface area contributed by atoms with Crippen molar-refractivity contribution in [1.82, 2.24) is 9.88 Å². The van der Waals surface area contributed by atoms with Gasteiger partial charge in [0.1, 0.15) is 0 Å². The summed E-state index contributed by atoms with van der Waals surface area (Å²) >= 11 is 0. The van der Waals surface area contributed by atoms with E-state index in [4.69, 9.17) is 4.74 Å². The second-order valence-corrected chi connectivity index (χ2v) is 5.31. The van der Waals surface area contributed by atoms with Crippen molar-refractivity contribution in [3.63, 3.8) is 0 Å². The number of nitrogens with zero attached hydrogens (tertiary/aromatic N) is 2. The monoisotopic (exact) mass is 263 g/mol. The topological polar surface area (TPSA) is 37.4 Å². The minimum absolute atomic E-state index is 0.686. The number of likely N-dealkylation sites (tertiary alicyclic amines) is 1. The van der Waals surface area contributed by atoms with Crippen LogP contribution in [0.3, 0.4) is 0 Å². The number of aromatic nitrogens is 1. The molecule has 2 heterocycles. The Labute approximate surface area is 116 Å². The fourth-order valence-corrected chi connectivity index (χ4v) is 2.60. The van der Waals surface area contributed by atoms with E-state index in [0.717, 1.165) is 44.9 Å². The summed E-state index contributed by atoms with van der Waals surface area (Å²) in [4.78, 5) is 6.94. The van der Waals surface area contributed by atoms with Gasteiger partial charge in [-0.1, -0.05) is 6.92 Å². The molecule has 2 rings (SSSR count). The fraction of sp³-hybridized carbons (Fsp3) is 0.667. The summed E-state index contributed by atoms with van der Waals surface area (Å²) in [6.45, 7) is 7.30. The number of nitrogens with one attached hydrogen (secondary N) is 1. The molecule has 1 saturated heterocycles. The molecular formula is C15H25N3O. The van der Waals surface area contributed by atoms with Gasteiger partial charge >= 0.3 is 0 Å². The van der Waals surface area contributed by atoms with E-state index >= 15 is 0 Å². The summed E-state index contributed by atoms with van der Waals surface area (Å²) in [7, 11) is 1.78. The summed E-state index contributed by atoms with van der Waals surface area (Å²) < 4.78 is 5.24. The fourth-order valence-electron chi connectivity index (χ4n) is 2.60. The lowest BCUT2D eigenvalue weighted by Crippen LogP contribution is -2.22. The summed E-state index contributed by atoms with van der Waals surface area (Å²) in [6, 6.07) is 4.20. The van der Waals surface area contributed by atoms with Crippen molar-refractivity contribution in [2.45, 2.75) is 26.3 Å². The van der Waals surface area contributed by atoms with Crippen LogP contribution >= 0.6 is 0 Å². The Kier molecular flexibility index (Phi) is 5.61. The van der Waals surface area contributed by atoms with E-state index in [2.05, 4.69) is 28.2 Å². The maximum absolute atomic E-state index is 5.24. The first kappa shape index (κ1) is 14.3. The Hall–Kier alpha value is -1.13. The lowest BCUT2D eigenvalue weighted by Gasteiger charge is -2.16. The third kappa shape index (κ3) is 4.48. The van der Waals surface area contributed by atoms with Gasteiger partial charge < -0.3 is 10.1 Å². The molecule has 1 unspecified atom stereocenters. The molecule has 0 saturated carbocycles. The van der Waals surface area contributed by atoms with Gasteiger partial charge in [-0.2, -0.15) is 0 Å². The number of methoxy groups -OCH3 is 1. The van der Waals surface area contributed by atoms with E-state index in [1.165, 1.54) is 12.1 Å². The molecule has 0 amide bonds. The molecule has 0 aliphatic carbocycles. The predicted octanol–water partition coefficient (Wildman–Crippen LogP) is 2.37. The van der Waals surface area contributed by atoms with Crippen molar-refractivity contribution in [1.29, 1.82) is 0 Å². The zero-order chi connectivity index (χ0) is 13.5. The Morgan fingerprint density at radius 1 is 1.53 bits per heavy atom. The first-order valence-electron chi connectivity index (χ1n) is 7.22. The second-order valence-electron chi connectivity index (χ2n) is 5.31. The van der Waals surface area contributed by atoms with Crippen LogP contribution in [-0.4, -0.2) is 43.2 Å². The lowest BCUT2D eigenvalue weighted by atomic mass is 10.1. The number of ether oxygens (including phenoxy) is 1. The minimum atomic E-state index is 0.686. The van der Waals surface area contributed by atoms with Crippen LogP contribution in [-0.2, 0) is 11.3 Å². The largest absolute Gasteiger partial charge is 0.385 e. The van der Waals surface area contributed by atoms with Gasteiger partial charge in [0.15, 0.2) is 0 Å². The molecule has 1 fully saturated rings. The maximum Gasteiger partial charge on any atom is 0.0564 e. The third-order valence-electron chi connectivity index (χ3n) is 3.55. The summed E-state index contributed by atoms with van der Waals surface area (Å²) in [5, 5.41) is 3.41. The van der Waals surface area contributed by atoms with Gasteiger partial charge in [-0.3, -0.25) is 9.88 Å². The molecule has 0 aromatic carbocycles. The number of hydrogen-bond donors (Lipinski definition) is 1. The molecule has 0 bridgehead atoms. The van der Waals surface area contributed by atoms with Gasteiger partial charge in [0.05, 0.1) is 12.3 Å². The van der Waals surface area contributed by atoms with Crippen molar-refractivity contribution < 1.29 is 4.74 Å². The normalized spacial score (nSPS) is 19.8. The molecule has 4 heteroatoms. The molecule has 19 heavy (non-hydrogen) atoms. The van der Waals surface area contributed by atoms with Crippen molar-refractivity contribution in [3.05, 3.63) is 24.0 Å². The average Bonchev–Trinajstić information content (AvgIpc) is 2.85. The van der Waals surface area contributed by atoms with Crippen LogP contribution in [0.1, 0.15) is 25.5 Å². The van der Waals surface area contributed by atoms with Crippen LogP contribution in [0.15, 0.2) is 18.3 Å². The SMILES string of the molecule is CCCNc1ccnc(CN2CCC(COC)C2)c1. The number of anilines is 1. The third-order valence-corrected chi connectivity index (χ3v) is 3.55. The predicted molar refractivity (Wildman–Crippen MR) is 78.3 cm³/mol. The molecule has 0 spiro atoms. The quantitative estimate of drug-likeness (QED) is 0.819. The summed E-state index contributed by atoms with van der Waals surface area (Å²) in [6.07, 6.45) is 4.28. The molecule has 1 N–H and O–H groups in total. The van der Waals surface area contributed by atoms with Crippen LogP contribution in [0, 0.1) is 5.92 Å². The van der Waals surface area contributed by atoms with E-state index in [9.17, 15) is 0 Å². The molecule has 1 aromatic heterocycles. The van der Waals surface area contributed by atoms with E-state index in [0.29, 0.717) is 5.92 Å². The number of hydrogen-bond acceptors (Lipinski definition) is 4. The molecule has 1 aliphatic rings. The van der Waals surface area contributed by atoms with Crippen molar-refractivity contribution in [2.75, 3.05) is 38.7 Å². The molecule has 4 nitrogen and oxygen atoms in total. The molecule has 1 atom stereocenters. The highest BCUT2D eigenvalue weighted by atomic mass is 16.5. The Morgan fingerprint density at radius 2 is 2.42 bits per heavy atom. The van der Waals surface area contributed by atoms with E-state index in [1.54, 1.807) is 7.11 Å². The van der Waals surface area contributed by atoms with Crippen LogP contribution in [0.25, 0.3) is 0 Å². The van der Waals surface area contributed by atoms with E-state index < -0.39 is 0 Å². The van der Waals surface area contributed by atoms with Gasteiger partial charge in [0, 0.05) is 38.6 Å². The number of rotatable bonds is 7. The van der Waals surface area contributed by atoms with Crippen molar-refractivity contribution in [3.8, 4) is 0 Å². The lowest BCUT2D eigenvalue weighted by molar-refractivity contribution is 0.152. The van der Waals surface area contributed by atoms with Crippen LogP contribution in [0.5, 0.6) is 0 Å². The first-order valence-corrected chi connectivity index (χ1v) is 7.22. The Balaban J connectivity index is 1.85. The van der Waals surface area contributed by atoms with Crippen LogP contribution < -0.4 is 5.32 Å². The highest BCUT2D eigenvalue weighted by Gasteiger charge is 2.22. The van der Waals surface area contributed by atoms with Gasteiger partial charge in [-0.25, -0.2) is 0 Å². The summed E-state index contributed by atoms with van der Waals surface area (Å²) in [5.74, 6) is 0.686. The van der Waals surface area contributed by atoms with Crippen molar-refractivity contribution in [2.24, 2.45) is 5.92 Å². The van der Waals surface area contributed by atoms with Gasteiger partial charge in [-0.15, -0.1) is 0 Å². The Morgan fingerprint density at radius 3 is 3.21 bits per heavy atom. The van der Waals surface area contributed by atoms with Crippen LogP contribution in [0.4, 0.5) is 5.69 Å². The zero-order valence-corrected chi connectivity index (χ0v) is 12.1. The van der Waals surface area contributed by atoms with Crippen molar-refractivity contribution >= 4 is 5.69 Å². The highest BCUT2D eigenvalue weighted by Crippen LogP contribution is 2.19. The summed E-state index contributed by atoms with van der Waals surface area (Å²) in [5.41, 5.74) is 2.33. The van der Waals surface area contributed by atoms with Gasteiger partial charge in [0.25, 0.3) is 0 Å². The number of pyridine rings is 1. The van der Waals surface area contributed by atoms with E-state index in [-0.39, 0.29) is 0 Å². The molecule has 1 aliphatic heterocycles. The molecule has 0 radical (unpaired) electrons. The second kappa shape index (κ2) is 7.46. The van der Waals surface area contributed by atoms with E-state index in [1.807, 2.05) is 12.3 Å². The first-order chi connectivity index (χ1) is 9.31. The minimum Gasteiger partial charge on any atom is -0.385 e. The van der Waals surface area contributed by atoms with Crippen LogP contribution in [0.2, 0.25) is 0 Å². The average molecular weight is 263 g/mol. The molecule has 1 aromatic rings.